The minimum absolute atomic E-state index is 0.634. The molecular weight excluding hydrogens is 468 g/mol. The van der Waals surface area contributed by atoms with E-state index in [9.17, 15) is 0 Å². The first kappa shape index (κ1) is 20.0. The van der Waals surface area contributed by atoms with Gasteiger partial charge < -0.3 is 9.73 Å². The Balaban J connectivity index is 1.27. The van der Waals surface area contributed by atoms with Crippen LogP contribution in [0.3, 0.4) is 0 Å². The molecule has 5 heteroatoms. The second kappa shape index (κ2) is 8.33. The van der Waals surface area contributed by atoms with E-state index in [4.69, 9.17) is 9.40 Å². The molecule has 0 saturated carbocycles. The Morgan fingerprint density at radius 2 is 1.71 bits per heavy atom. The first-order valence-electron chi connectivity index (χ1n) is 10.1. The quantitative estimate of drug-likeness (QED) is 0.270. The van der Waals surface area contributed by atoms with Crippen molar-refractivity contribution in [1.82, 2.24) is 4.98 Å². The molecule has 0 saturated heterocycles. The summed E-state index contributed by atoms with van der Waals surface area (Å²) in [7, 11) is 0. The Morgan fingerprint density at radius 1 is 0.903 bits per heavy atom. The Hall–Kier alpha value is -2.89. The molecule has 3 aromatic carbocycles. The first-order chi connectivity index (χ1) is 15.0. The Morgan fingerprint density at radius 3 is 2.52 bits per heavy atom. The number of nitrogens with zero attached hydrogens (tertiary/aromatic N) is 1. The van der Waals surface area contributed by atoms with Crippen LogP contribution in [-0.4, -0.2) is 4.98 Å². The molecule has 3 nitrogen and oxygen atoms in total. The van der Waals surface area contributed by atoms with E-state index >= 15 is 0 Å². The van der Waals surface area contributed by atoms with Crippen LogP contribution in [0.4, 0.5) is 5.69 Å². The summed E-state index contributed by atoms with van der Waals surface area (Å²) in [5, 5.41) is 4.49. The smallest absolute Gasteiger partial charge is 0.134 e. The van der Waals surface area contributed by atoms with Crippen molar-refractivity contribution in [2.24, 2.45) is 0 Å². The number of hydrogen-bond acceptors (Lipinski definition) is 4. The third-order valence-corrected chi connectivity index (χ3v) is 7.20. The average molecular weight is 489 g/mol. The van der Waals surface area contributed by atoms with E-state index in [-0.39, 0.29) is 0 Å². The molecule has 5 aromatic rings. The van der Waals surface area contributed by atoms with Crippen LogP contribution in [0.15, 0.2) is 81.7 Å². The topological polar surface area (TPSA) is 38.1 Å². The van der Waals surface area contributed by atoms with Gasteiger partial charge >= 0.3 is 0 Å². The summed E-state index contributed by atoms with van der Waals surface area (Å²) in [6, 6.07) is 25.1. The van der Waals surface area contributed by atoms with Crippen LogP contribution in [-0.2, 0) is 6.54 Å². The molecule has 154 valence electrons. The van der Waals surface area contributed by atoms with Gasteiger partial charge in [0.25, 0.3) is 0 Å². The number of anilines is 1. The van der Waals surface area contributed by atoms with Crippen LogP contribution in [0.25, 0.3) is 32.1 Å². The van der Waals surface area contributed by atoms with Crippen LogP contribution in [0.5, 0.6) is 0 Å². The van der Waals surface area contributed by atoms with Crippen molar-refractivity contribution in [1.29, 1.82) is 0 Å². The van der Waals surface area contributed by atoms with Crippen LogP contribution in [0.2, 0.25) is 0 Å². The summed E-state index contributed by atoms with van der Waals surface area (Å²) in [5.41, 5.74) is 6.79. The standard InChI is InChI=1S/C26H21BrN2OS/c1-16-3-11-23-25(13-16)31-26(29-23)18-4-7-20(8-5-18)28-15-21-9-12-24(30-21)19-6-10-22(27)17(2)14-19/h3-14,28H,15H2,1-2H3. The van der Waals surface area contributed by atoms with Gasteiger partial charge in [0.1, 0.15) is 16.5 Å². The number of thiazole rings is 1. The van der Waals surface area contributed by atoms with E-state index in [0.717, 1.165) is 43.3 Å². The fourth-order valence-electron chi connectivity index (χ4n) is 3.50. The fraction of sp³-hybridized carbons (Fsp3) is 0.115. The van der Waals surface area contributed by atoms with Gasteiger partial charge in [-0.2, -0.15) is 0 Å². The highest BCUT2D eigenvalue weighted by Gasteiger charge is 2.08. The number of furan rings is 1. The number of nitrogens with one attached hydrogen (secondary N) is 1. The Kier molecular flexibility index (Phi) is 5.38. The monoisotopic (exact) mass is 488 g/mol. The molecular formula is C26H21BrN2OS. The molecule has 0 amide bonds. The highest BCUT2D eigenvalue weighted by Crippen LogP contribution is 2.31. The molecule has 0 atom stereocenters. The predicted octanol–water partition coefficient (Wildman–Crippen LogP) is 8.21. The van der Waals surface area contributed by atoms with E-state index < -0.39 is 0 Å². The van der Waals surface area contributed by atoms with E-state index in [2.05, 4.69) is 95.8 Å². The minimum Gasteiger partial charge on any atom is -0.459 e. The van der Waals surface area contributed by atoms with Gasteiger partial charge in [0.05, 0.1) is 16.8 Å². The molecule has 0 spiro atoms. The van der Waals surface area contributed by atoms with Gasteiger partial charge in [0.15, 0.2) is 0 Å². The fourth-order valence-corrected chi connectivity index (χ4v) is 4.82. The molecule has 0 aliphatic rings. The molecule has 0 aliphatic heterocycles. The van der Waals surface area contributed by atoms with Gasteiger partial charge in [-0.15, -0.1) is 11.3 Å². The van der Waals surface area contributed by atoms with Crippen molar-refractivity contribution >= 4 is 43.2 Å². The summed E-state index contributed by atoms with van der Waals surface area (Å²) in [4.78, 5) is 4.77. The number of halogens is 1. The molecule has 2 aromatic heterocycles. The summed E-state index contributed by atoms with van der Waals surface area (Å²) in [5.74, 6) is 1.79. The summed E-state index contributed by atoms with van der Waals surface area (Å²) in [6.07, 6.45) is 0. The first-order valence-corrected chi connectivity index (χ1v) is 11.7. The van der Waals surface area contributed by atoms with Gasteiger partial charge in [0.2, 0.25) is 0 Å². The highest BCUT2D eigenvalue weighted by molar-refractivity contribution is 9.10. The van der Waals surface area contributed by atoms with Crippen molar-refractivity contribution < 1.29 is 4.42 Å². The molecule has 0 radical (unpaired) electrons. The largest absolute Gasteiger partial charge is 0.459 e. The summed E-state index contributed by atoms with van der Waals surface area (Å²) < 4.78 is 8.37. The minimum atomic E-state index is 0.634. The van der Waals surface area contributed by atoms with Crippen molar-refractivity contribution in [2.45, 2.75) is 20.4 Å². The van der Waals surface area contributed by atoms with Crippen molar-refractivity contribution in [3.05, 3.63) is 94.2 Å². The molecule has 1 N–H and O–H groups in total. The van der Waals surface area contributed by atoms with Gasteiger partial charge in [0, 0.05) is 21.3 Å². The SMILES string of the molecule is Cc1ccc2nc(-c3ccc(NCc4ccc(-c5ccc(Br)c(C)c5)o4)cc3)sc2c1. The number of fused-ring (bicyclic) bond motifs is 1. The maximum atomic E-state index is 6.04. The second-order valence-corrected chi connectivity index (χ2v) is 9.54. The zero-order valence-corrected chi connectivity index (χ0v) is 19.7. The van der Waals surface area contributed by atoms with Gasteiger partial charge in [-0.1, -0.05) is 28.1 Å². The molecule has 2 heterocycles. The van der Waals surface area contributed by atoms with E-state index in [1.54, 1.807) is 11.3 Å². The lowest BCUT2D eigenvalue weighted by Gasteiger charge is -2.05. The summed E-state index contributed by atoms with van der Waals surface area (Å²) in [6.45, 7) is 4.83. The number of benzene rings is 3. The number of hydrogen-bond donors (Lipinski definition) is 1. The molecule has 0 aliphatic carbocycles. The normalized spacial score (nSPS) is 11.2. The number of aryl methyl sites for hydroxylation is 2. The number of rotatable bonds is 5. The van der Waals surface area contributed by atoms with E-state index in [1.165, 1.54) is 15.8 Å². The van der Waals surface area contributed by atoms with E-state index in [0.29, 0.717) is 6.54 Å². The number of aromatic nitrogens is 1. The zero-order valence-electron chi connectivity index (χ0n) is 17.3. The van der Waals surface area contributed by atoms with Crippen LogP contribution < -0.4 is 5.32 Å². The van der Waals surface area contributed by atoms with Gasteiger partial charge in [-0.25, -0.2) is 4.98 Å². The lowest BCUT2D eigenvalue weighted by Crippen LogP contribution is -1.97. The average Bonchev–Trinajstić information content (AvgIpc) is 3.41. The maximum Gasteiger partial charge on any atom is 0.134 e. The third-order valence-electron chi connectivity index (χ3n) is 5.25. The van der Waals surface area contributed by atoms with Crippen molar-refractivity contribution in [2.75, 3.05) is 5.32 Å². The lowest BCUT2D eigenvalue weighted by atomic mass is 10.1. The van der Waals surface area contributed by atoms with Crippen molar-refractivity contribution in [3.63, 3.8) is 0 Å². The van der Waals surface area contributed by atoms with Gasteiger partial charge in [-0.3, -0.25) is 0 Å². The van der Waals surface area contributed by atoms with Crippen LogP contribution in [0, 0.1) is 13.8 Å². The van der Waals surface area contributed by atoms with E-state index in [1.807, 2.05) is 12.1 Å². The molecule has 0 unspecified atom stereocenters. The Labute approximate surface area is 193 Å². The predicted molar refractivity (Wildman–Crippen MR) is 134 cm³/mol. The van der Waals surface area contributed by atoms with Crippen LogP contribution >= 0.6 is 27.3 Å². The lowest BCUT2D eigenvalue weighted by molar-refractivity contribution is 0.531. The summed E-state index contributed by atoms with van der Waals surface area (Å²) >= 11 is 5.28. The maximum absolute atomic E-state index is 6.04. The Bertz CT molecular complexity index is 1370. The second-order valence-electron chi connectivity index (χ2n) is 7.65. The van der Waals surface area contributed by atoms with Crippen LogP contribution in [0.1, 0.15) is 16.9 Å². The molecule has 5 rings (SSSR count). The van der Waals surface area contributed by atoms with Crippen molar-refractivity contribution in [3.8, 4) is 21.9 Å². The molecule has 31 heavy (non-hydrogen) atoms. The highest BCUT2D eigenvalue weighted by atomic mass is 79.9. The molecule has 0 fully saturated rings. The zero-order chi connectivity index (χ0) is 21.4. The third kappa shape index (κ3) is 4.29. The van der Waals surface area contributed by atoms with Gasteiger partial charge in [-0.05, 0) is 85.6 Å². The molecule has 0 bridgehead atoms.